The summed E-state index contributed by atoms with van der Waals surface area (Å²) in [5, 5.41) is 0. The average Bonchev–Trinajstić information content (AvgIpc) is 1.61. The van der Waals surface area contributed by atoms with E-state index < -0.39 is 0 Å². The van der Waals surface area contributed by atoms with E-state index in [0.29, 0.717) is 6.54 Å². The standard InChI is InChI=1S/C3H5ClN2/c1-2-5-3-6-4/h2H2,1H3. The molecule has 0 heterocycles. The summed E-state index contributed by atoms with van der Waals surface area (Å²) in [6, 6.07) is 2.21. The third kappa shape index (κ3) is 3.67. The van der Waals surface area contributed by atoms with Crippen LogP contribution in [0.4, 0.5) is 0 Å². The maximum atomic E-state index is 4.80. The number of aliphatic imine (C=N–C) groups is 1. The summed E-state index contributed by atoms with van der Waals surface area (Å²) in [5.74, 6) is 0. The molecule has 0 rings (SSSR count). The second-order valence-corrected chi connectivity index (χ2v) is 0.828. The van der Waals surface area contributed by atoms with Gasteiger partial charge in [-0.25, -0.2) is 4.99 Å². The van der Waals surface area contributed by atoms with Crippen molar-refractivity contribution < 1.29 is 0 Å². The molecule has 0 spiro atoms. The lowest BCUT2D eigenvalue weighted by Gasteiger charge is -1.62. The van der Waals surface area contributed by atoms with Crippen molar-refractivity contribution in [1.29, 1.82) is 0 Å². The molecule has 0 amide bonds. The molecule has 0 aromatic rings. The fourth-order valence-corrected chi connectivity index (χ4v) is 0.151. The summed E-state index contributed by atoms with van der Waals surface area (Å²) < 4.78 is 2.98. The fraction of sp³-hybridized carbons (Fsp3) is 0.667. The second-order valence-electron chi connectivity index (χ2n) is 0.659. The summed E-state index contributed by atoms with van der Waals surface area (Å²) >= 11 is 4.80. The maximum absolute atomic E-state index is 4.80. The molecule has 0 aliphatic rings. The first-order valence-electron chi connectivity index (χ1n) is 1.64. The molecule has 0 fully saturated rings. The van der Waals surface area contributed by atoms with Gasteiger partial charge in [0.1, 0.15) is 6.01 Å². The molecule has 0 bridgehead atoms. The van der Waals surface area contributed by atoms with Crippen molar-refractivity contribution in [2.24, 2.45) is 9.50 Å². The lowest BCUT2D eigenvalue weighted by Crippen LogP contribution is -1.59. The topological polar surface area (TPSA) is 24.7 Å². The van der Waals surface area contributed by atoms with E-state index in [9.17, 15) is 0 Å². The molecule has 0 aliphatic carbocycles. The highest BCUT2D eigenvalue weighted by Gasteiger charge is 1.53. The zero-order valence-electron chi connectivity index (χ0n) is 3.48. The van der Waals surface area contributed by atoms with Crippen LogP contribution in [0.5, 0.6) is 0 Å². The normalized spacial score (nSPS) is 6.33. The van der Waals surface area contributed by atoms with Crippen LogP contribution in [0.2, 0.25) is 0 Å². The first-order valence-corrected chi connectivity index (χ1v) is 1.98. The summed E-state index contributed by atoms with van der Waals surface area (Å²) in [6.07, 6.45) is 0. The average molecular weight is 105 g/mol. The van der Waals surface area contributed by atoms with Crippen LogP contribution in [-0.4, -0.2) is 12.6 Å². The molecule has 0 radical (unpaired) electrons. The highest BCUT2D eigenvalue weighted by molar-refractivity contribution is 6.16. The zero-order chi connectivity index (χ0) is 4.83. The van der Waals surface area contributed by atoms with E-state index in [4.69, 9.17) is 11.8 Å². The minimum atomic E-state index is 0.691. The lowest BCUT2D eigenvalue weighted by molar-refractivity contribution is 1.14. The van der Waals surface area contributed by atoms with Gasteiger partial charge in [-0.15, -0.1) is 4.51 Å². The van der Waals surface area contributed by atoms with Gasteiger partial charge in [-0.3, -0.25) is 0 Å². The Bertz CT molecular complexity index is 72.9. The Kier molecular flexibility index (Phi) is 4.41. The summed E-state index contributed by atoms with van der Waals surface area (Å²) in [4.78, 5) is 3.54. The Morgan fingerprint density at radius 1 is 1.83 bits per heavy atom. The Morgan fingerprint density at radius 2 is 2.50 bits per heavy atom. The highest BCUT2D eigenvalue weighted by atomic mass is 35.5. The fourth-order valence-electron chi connectivity index (χ4n) is 0.0974. The third-order valence-corrected chi connectivity index (χ3v) is 0.342. The van der Waals surface area contributed by atoms with E-state index in [1.54, 1.807) is 0 Å². The molecule has 0 atom stereocenters. The van der Waals surface area contributed by atoms with Crippen molar-refractivity contribution in [2.75, 3.05) is 6.54 Å². The van der Waals surface area contributed by atoms with Crippen molar-refractivity contribution in [3.8, 4) is 0 Å². The van der Waals surface area contributed by atoms with Gasteiger partial charge in [-0.1, -0.05) is 0 Å². The Balaban J connectivity index is 3.18. The van der Waals surface area contributed by atoms with Crippen molar-refractivity contribution in [2.45, 2.75) is 6.92 Å². The van der Waals surface area contributed by atoms with E-state index in [-0.39, 0.29) is 0 Å². The molecule has 0 unspecified atom stereocenters. The molecular formula is C3H5ClN2. The summed E-state index contributed by atoms with van der Waals surface area (Å²) in [6.45, 7) is 2.57. The van der Waals surface area contributed by atoms with Gasteiger partial charge < -0.3 is 0 Å². The van der Waals surface area contributed by atoms with Crippen LogP contribution in [0.3, 0.4) is 0 Å². The van der Waals surface area contributed by atoms with Crippen molar-refractivity contribution in [3.05, 3.63) is 0 Å². The number of hydrogen-bond donors (Lipinski definition) is 0. The van der Waals surface area contributed by atoms with E-state index in [1.807, 2.05) is 6.92 Å². The van der Waals surface area contributed by atoms with Crippen LogP contribution in [0.25, 0.3) is 0 Å². The van der Waals surface area contributed by atoms with E-state index in [1.165, 1.54) is 0 Å². The number of nitrogens with zero attached hydrogens (tertiary/aromatic N) is 2. The molecule has 34 valence electrons. The van der Waals surface area contributed by atoms with Gasteiger partial charge >= 0.3 is 0 Å². The smallest absolute Gasteiger partial charge is 0.108 e. The Labute approximate surface area is 41.7 Å². The van der Waals surface area contributed by atoms with Crippen LogP contribution in [0.15, 0.2) is 9.50 Å². The number of halogens is 1. The van der Waals surface area contributed by atoms with E-state index in [0.717, 1.165) is 0 Å². The second kappa shape index (κ2) is 4.67. The van der Waals surface area contributed by atoms with Crippen LogP contribution < -0.4 is 0 Å². The van der Waals surface area contributed by atoms with Gasteiger partial charge in [0.05, 0.1) is 0 Å². The first kappa shape index (κ1) is 5.67. The SMILES string of the molecule is CCN=C=NCl. The van der Waals surface area contributed by atoms with Crippen molar-refractivity contribution in [3.63, 3.8) is 0 Å². The Morgan fingerprint density at radius 3 is 2.67 bits per heavy atom. The van der Waals surface area contributed by atoms with Crippen LogP contribution >= 0.6 is 11.8 Å². The molecule has 0 saturated carbocycles. The van der Waals surface area contributed by atoms with Gasteiger partial charge in [-0.2, -0.15) is 0 Å². The molecule has 2 nitrogen and oxygen atoms in total. The summed E-state index contributed by atoms with van der Waals surface area (Å²) in [5.41, 5.74) is 0. The van der Waals surface area contributed by atoms with Crippen molar-refractivity contribution >= 4 is 17.8 Å². The van der Waals surface area contributed by atoms with Crippen LogP contribution in [0.1, 0.15) is 6.92 Å². The molecule has 3 heteroatoms. The van der Waals surface area contributed by atoms with E-state index in [2.05, 4.69) is 15.5 Å². The molecule has 6 heavy (non-hydrogen) atoms. The lowest BCUT2D eigenvalue weighted by atomic mass is 10.8. The first-order chi connectivity index (χ1) is 2.91. The maximum Gasteiger partial charge on any atom is 0.108 e. The van der Waals surface area contributed by atoms with Gasteiger partial charge in [-0.05, 0) is 6.92 Å². The largest absolute Gasteiger partial charge is 0.225 e. The molecular weight excluding hydrogens is 99.5 g/mol. The quantitative estimate of drug-likeness (QED) is 0.449. The van der Waals surface area contributed by atoms with E-state index >= 15 is 0 Å². The predicted molar refractivity (Wildman–Crippen MR) is 26.3 cm³/mol. The molecule has 0 saturated heterocycles. The molecule has 0 aliphatic heterocycles. The van der Waals surface area contributed by atoms with Crippen molar-refractivity contribution in [1.82, 2.24) is 0 Å². The number of hydrogen-bond acceptors (Lipinski definition) is 2. The molecule has 0 aromatic carbocycles. The predicted octanol–water partition coefficient (Wildman–Crippen LogP) is 1.33. The minimum Gasteiger partial charge on any atom is -0.225 e. The zero-order valence-corrected chi connectivity index (χ0v) is 4.24. The van der Waals surface area contributed by atoms with Gasteiger partial charge in [0.25, 0.3) is 0 Å². The van der Waals surface area contributed by atoms with Gasteiger partial charge in [0.15, 0.2) is 0 Å². The third-order valence-electron chi connectivity index (χ3n) is 0.267. The van der Waals surface area contributed by atoms with Gasteiger partial charge in [0, 0.05) is 18.3 Å². The van der Waals surface area contributed by atoms with Gasteiger partial charge in [0.2, 0.25) is 0 Å². The molecule has 0 aromatic heterocycles. The minimum absolute atomic E-state index is 0.691. The Hall–Kier alpha value is -0.330. The monoisotopic (exact) mass is 104 g/mol. The van der Waals surface area contributed by atoms with Crippen LogP contribution in [0, 0.1) is 0 Å². The number of rotatable bonds is 1. The highest BCUT2D eigenvalue weighted by Crippen LogP contribution is 1.66. The summed E-state index contributed by atoms with van der Waals surface area (Å²) in [7, 11) is 0. The van der Waals surface area contributed by atoms with Crippen LogP contribution in [-0.2, 0) is 0 Å². The molecule has 0 N–H and O–H groups in total.